The van der Waals surface area contributed by atoms with Crippen LogP contribution in [-0.2, 0) is 9.53 Å². The Morgan fingerprint density at radius 2 is 1.67 bits per heavy atom. The molecule has 1 unspecified atom stereocenters. The summed E-state index contributed by atoms with van der Waals surface area (Å²) in [4.78, 5) is 12.5. The second kappa shape index (κ2) is 6.08. The number of ether oxygens (including phenoxy) is 1. The van der Waals surface area contributed by atoms with Crippen molar-refractivity contribution in [3.63, 3.8) is 0 Å². The van der Waals surface area contributed by atoms with Gasteiger partial charge in [-0.3, -0.25) is 4.79 Å². The van der Waals surface area contributed by atoms with Crippen molar-refractivity contribution < 1.29 is 9.53 Å². The molecule has 0 aromatic heterocycles. The molecular weight excluding hydrogens is 224 g/mol. The molecule has 0 aliphatic heterocycles. The van der Waals surface area contributed by atoms with Gasteiger partial charge >= 0.3 is 5.97 Å². The van der Waals surface area contributed by atoms with E-state index in [2.05, 4.69) is 34.6 Å². The summed E-state index contributed by atoms with van der Waals surface area (Å²) in [5.74, 6) is 0.0174. The minimum Gasteiger partial charge on any atom is -0.462 e. The Kier molecular flexibility index (Phi) is 5.24. The lowest BCUT2D eigenvalue weighted by Crippen LogP contribution is -2.43. The van der Waals surface area contributed by atoms with Crippen molar-refractivity contribution in [3.05, 3.63) is 0 Å². The van der Waals surface area contributed by atoms with Gasteiger partial charge in [-0.05, 0) is 44.4 Å². The summed E-state index contributed by atoms with van der Waals surface area (Å²) in [5, 5.41) is 0. The average Bonchev–Trinajstić information content (AvgIpc) is 2.29. The molecule has 2 nitrogen and oxygen atoms in total. The first kappa shape index (κ1) is 15.5. The largest absolute Gasteiger partial charge is 0.462 e. The number of hydrogen-bond donors (Lipinski definition) is 0. The predicted molar refractivity (Wildman–Crippen MR) is 75.4 cm³/mol. The van der Waals surface area contributed by atoms with Crippen molar-refractivity contribution in [2.75, 3.05) is 0 Å². The van der Waals surface area contributed by atoms with E-state index in [4.69, 9.17) is 4.74 Å². The van der Waals surface area contributed by atoms with E-state index in [1.807, 2.05) is 0 Å². The average molecular weight is 254 g/mol. The van der Waals surface area contributed by atoms with E-state index < -0.39 is 0 Å². The lowest BCUT2D eigenvalue weighted by molar-refractivity contribution is -0.169. The van der Waals surface area contributed by atoms with Crippen LogP contribution in [0.25, 0.3) is 0 Å². The molecule has 18 heavy (non-hydrogen) atoms. The van der Waals surface area contributed by atoms with Crippen molar-refractivity contribution in [1.29, 1.82) is 0 Å². The number of carbonyl (C=O) groups excluding carboxylic acids is 1. The molecular formula is C16H30O2. The Labute approximate surface area is 112 Å². The van der Waals surface area contributed by atoms with E-state index >= 15 is 0 Å². The normalized spacial score (nSPS) is 21.4. The molecule has 1 aliphatic rings. The molecule has 0 bridgehead atoms. The molecule has 1 saturated carbocycles. The van der Waals surface area contributed by atoms with Crippen molar-refractivity contribution >= 4 is 5.97 Å². The van der Waals surface area contributed by atoms with Gasteiger partial charge in [0.15, 0.2) is 0 Å². The fourth-order valence-corrected chi connectivity index (χ4v) is 2.75. The molecule has 0 amide bonds. The third-order valence-corrected chi connectivity index (χ3v) is 4.68. The Morgan fingerprint density at radius 1 is 1.11 bits per heavy atom. The van der Waals surface area contributed by atoms with Crippen LogP contribution in [0, 0.1) is 10.8 Å². The molecule has 0 spiro atoms. The highest BCUT2D eigenvalue weighted by Crippen LogP contribution is 2.43. The van der Waals surface area contributed by atoms with Gasteiger partial charge in [0.2, 0.25) is 0 Å². The van der Waals surface area contributed by atoms with Gasteiger partial charge in [-0.25, -0.2) is 0 Å². The molecule has 2 heteroatoms. The smallest absolute Gasteiger partial charge is 0.312 e. The summed E-state index contributed by atoms with van der Waals surface area (Å²) in [6.45, 7) is 10.6. The molecule has 0 saturated heterocycles. The van der Waals surface area contributed by atoms with Crippen LogP contribution >= 0.6 is 0 Å². The van der Waals surface area contributed by atoms with E-state index in [0.29, 0.717) is 0 Å². The molecule has 1 aliphatic carbocycles. The summed E-state index contributed by atoms with van der Waals surface area (Å²) < 4.78 is 5.80. The van der Waals surface area contributed by atoms with Gasteiger partial charge in [-0.1, -0.05) is 40.5 Å². The summed E-state index contributed by atoms with van der Waals surface area (Å²) in [6, 6.07) is 0. The monoisotopic (exact) mass is 254 g/mol. The van der Waals surface area contributed by atoms with Crippen LogP contribution in [-0.4, -0.2) is 12.1 Å². The topological polar surface area (TPSA) is 26.3 Å². The molecule has 1 rings (SSSR count). The Morgan fingerprint density at radius 3 is 2.11 bits per heavy atom. The molecule has 0 aromatic rings. The maximum Gasteiger partial charge on any atom is 0.312 e. The van der Waals surface area contributed by atoms with Gasteiger partial charge in [0, 0.05) is 0 Å². The van der Waals surface area contributed by atoms with Crippen molar-refractivity contribution in [1.82, 2.24) is 0 Å². The van der Waals surface area contributed by atoms with Crippen LogP contribution in [0.4, 0.5) is 0 Å². The van der Waals surface area contributed by atoms with Crippen LogP contribution in [0.5, 0.6) is 0 Å². The first-order valence-electron chi connectivity index (χ1n) is 7.52. The van der Waals surface area contributed by atoms with Gasteiger partial charge in [0.05, 0.1) is 5.41 Å². The second-order valence-electron chi connectivity index (χ2n) is 7.00. The number of hydrogen-bond acceptors (Lipinski definition) is 2. The van der Waals surface area contributed by atoms with Gasteiger partial charge in [-0.2, -0.15) is 0 Å². The summed E-state index contributed by atoms with van der Waals surface area (Å²) >= 11 is 0. The van der Waals surface area contributed by atoms with Crippen LogP contribution in [0.2, 0.25) is 0 Å². The zero-order valence-electron chi connectivity index (χ0n) is 12.8. The second-order valence-corrected chi connectivity index (χ2v) is 7.00. The molecule has 1 atom stereocenters. The SMILES string of the molecule is CCCC(C)(C(=O)OC1CCCCC1)C(C)(C)C. The first-order valence-corrected chi connectivity index (χ1v) is 7.52. The third-order valence-electron chi connectivity index (χ3n) is 4.68. The molecule has 0 N–H and O–H groups in total. The molecule has 0 aromatic carbocycles. The standard InChI is InChI=1S/C16H30O2/c1-6-12-16(5,15(2,3)4)14(17)18-13-10-8-7-9-11-13/h13H,6-12H2,1-5H3. The highest BCUT2D eigenvalue weighted by molar-refractivity contribution is 5.77. The quantitative estimate of drug-likeness (QED) is 0.679. The fraction of sp³-hybridized carbons (Fsp3) is 0.938. The van der Waals surface area contributed by atoms with Gasteiger partial charge in [-0.15, -0.1) is 0 Å². The highest BCUT2D eigenvalue weighted by atomic mass is 16.5. The predicted octanol–water partition coefficient (Wildman–Crippen LogP) is 4.71. The zero-order valence-corrected chi connectivity index (χ0v) is 12.8. The van der Waals surface area contributed by atoms with E-state index in [-0.39, 0.29) is 22.9 Å². The van der Waals surface area contributed by atoms with Crippen LogP contribution in [0.3, 0.4) is 0 Å². The first-order chi connectivity index (χ1) is 8.31. The number of rotatable bonds is 4. The number of esters is 1. The Balaban J connectivity index is 2.70. The van der Waals surface area contributed by atoms with Crippen molar-refractivity contribution in [2.24, 2.45) is 10.8 Å². The fourth-order valence-electron chi connectivity index (χ4n) is 2.75. The van der Waals surface area contributed by atoms with Crippen LogP contribution in [0.1, 0.15) is 79.6 Å². The molecule has 106 valence electrons. The van der Waals surface area contributed by atoms with Gasteiger partial charge in [0.25, 0.3) is 0 Å². The minimum absolute atomic E-state index is 0.0174. The summed E-state index contributed by atoms with van der Waals surface area (Å²) in [5.41, 5.74) is -0.409. The number of carbonyl (C=O) groups is 1. The highest BCUT2D eigenvalue weighted by Gasteiger charge is 2.45. The van der Waals surface area contributed by atoms with E-state index in [9.17, 15) is 4.79 Å². The lowest BCUT2D eigenvalue weighted by Gasteiger charge is -2.40. The third kappa shape index (κ3) is 3.49. The van der Waals surface area contributed by atoms with Crippen molar-refractivity contribution in [3.8, 4) is 0 Å². The Hall–Kier alpha value is -0.530. The molecule has 0 radical (unpaired) electrons. The maximum absolute atomic E-state index is 12.5. The summed E-state index contributed by atoms with van der Waals surface area (Å²) in [7, 11) is 0. The zero-order chi connectivity index (χ0) is 13.8. The van der Waals surface area contributed by atoms with Crippen molar-refractivity contribution in [2.45, 2.75) is 85.7 Å². The van der Waals surface area contributed by atoms with Crippen LogP contribution in [0.15, 0.2) is 0 Å². The van der Waals surface area contributed by atoms with E-state index in [1.165, 1.54) is 19.3 Å². The Bertz CT molecular complexity index is 271. The van der Waals surface area contributed by atoms with Crippen LogP contribution < -0.4 is 0 Å². The molecule has 1 fully saturated rings. The maximum atomic E-state index is 12.5. The van der Waals surface area contributed by atoms with E-state index in [1.54, 1.807) is 0 Å². The van der Waals surface area contributed by atoms with E-state index in [0.717, 1.165) is 25.7 Å². The lowest BCUT2D eigenvalue weighted by atomic mass is 9.65. The van der Waals surface area contributed by atoms with Gasteiger partial charge < -0.3 is 4.74 Å². The van der Waals surface area contributed by atoms with Gasteiger partial charge in [0.1, 0.15) is 6.10 Å². The minimum atomic E-state index is -0.362. The molecule has 0 heterocycles. The summed E-state index contributed by atoms with van der Waals surface area (Å²) in [6.07, 6.45) is 7.91.